The van der Waals surface area contributed by atoms with Crippen LogP contribution in [0.3, 0.4) is 0 Å². The van der Waals surface area contributed by atoms with Crippen LogP contribution in [0.2, 0.25) is 0 Å². The summed E-state index contributed by atoms with van der Waals surface area (Å²) in [7, 11) is 0. The van der Waals surface area contributed by atoms with Crippen LogP contribution in [0, 0.1) is 16.0 Å². The Morgan fingerprint density at radius 1 is 1.35 bits per heavy atom. The predicted octanol–water partition coefficient (Wildman–Crippen LogP) is -0.227. The van der Waals surface area contributed by atoms with Crippen molar-refractivity contribution in [2.24, 2.45) is 5.92 Å². The molecule has 1 amide bonds. The number of benzene rings is 1. The highest BCUT2D eigenvalue weighted by molar-refractivity contribution is 5.92. The van der Waals surface area contributed by atoms with Crippen LogP contribution in [-0.2, 0) is 9.59 Å². The van der Waals surface area contributed by atoms with E-state index in [1.807, 2.05) is 0 Å². The number of nitrogens with one attached hydrogen (secondary N) is 1. The molecule has 108 valence electrons. The molecule has 20 heavy (non-hydrogen) atoms. The molecule has 0 bridgehead atoms. The fourth-order valence-corrected chi connectivity index (χ4v) is 1.60. The first-order valence-electron chi connectivity index (χ1n) is 5.74. The zero-order valence-electron chi connectivity index (χ0n) is 10.6. The van der Waals surface area contributed by atoms with Gasteiger partial charge in [0.15, 0.2) is 0 Å². The van der Waals surface area contributed by atoms with E-state index in [1.54, 1.807) is 6.92 Å². The van der Waals surface area contributed by atoms with E-state index in [9.17, 15) is 29.9 Å². The van der Waals surface area contributed by atoms with Crippen molar-refractivity contribution in [3.05, 3.63) is 28.3 Å². The molecule has 0 aliphatic carbocycles. The van der Waals surface area contributed by atoms with Crippen molar-refractivity contribution in [2.75, 3.05) is 5.32 Å². The average molecular weight is 280 g/mol. The van der Waals surface area contributed by atoms with Gasteiger partial charge >= 0.3 is 0 Å². The molecular formula is C12H12N2O6-2. The third-order valence-corrected chi connectivity index (χ3v) is 2.50. The summed E-state index contributed by atoms with van der Waals surface area (Å²) in [6.45, 7) is 1.54. The summed E-state index contributed by atoms with van der Waals surface area (Å²) in [5.41, 5.74) is -0.521. The number of carbonyl (C=O) groups is 2. The second-order valence-electron chi connectivity index (χ2n) is 4.37. The maximum absolute atomic E-state index is 11.6. The van der Waals surface area contributed by atoms with Gasteiger partial charge in [0.05, 0.1) is 4.92 Å². The van der Waals surface area contributed by atoms with Gasteiger partial charge in [0, 0.05) is 30.2 Å². The van der Waals surface area contributed by atoms with Gasteiger partial charge in [-0.1, -0.05) is 18.7 Å². The van der Waals surface area contributed by atoms with E-state index in [1.165, 1.54) is 0 Å². The second-order valence-corrected chi connectivity index (χ2v) is 4.37. The molecule has 1 unspecified atom stereocenters. The molecule has 0 saturated carbocycles. The number of non-ortho nitro benzene ring substituents is 1. The van der Waals surface area contributed by atoms with Crippen molar-refractivity contribution in [2.45, 2.75) is 19.8 Å². The summed E-state index contributed by atoms with van der Waals surface area (Å²) >= 11 is 0. The lowest BCUT2D eigenvalue weighted by Crippen LogP contribution is -2.26. The minimum Gasteiger partial charge on any atom is -0.871 e. The fourth-order valence-electron chi connectivity index (χ4n) is 1.60. The van der Waals surface area contributed by atoms with Gasteiger partial charge in [-0.05, 0) is 12.3 Å². The normalized spacial score (nSPS) is 11.7. The van der Waals surface area contributed by atoms with Crippen LogP contribution >= 0.6 is 0 Å². The van der Waals surface area contributed by atoms with E-state index >= 15 is 0 Å². The quantitative estimate of drug-likeness (QED) is 0.564. The third kappa shape index (κ3) is 4.56. The molecule has 0 aliphatic heterocycles. The van der Waals surface area contributed by atoms with Gasteiger partial charge in [-0.15, -0.1) is 0 Å². The topological polar surface area (TPSA) is 135 Å². The van der Waals surface area contributed by atoms with Crippen molar-refractivity contribution < 1.29 is 24.7 Å². The summed E-state index contributed by atoms with van der Waals surface area (Å²) in [5, 5.41) is 34.6. The monoisotopic (exact) mass is 280 g/mol. The van der Waals surface area contributed by atoms with Gasteiger partial charge in [-0.25, -0.2) is 0 Å². The van der Waals surface area contributed by atoms with Gasteiger partial charge in [0.25, 0.3) is 5.69 Å². The van der Waals surface area contributed by atoms with E-state index in [-0.39, 0.29) is 24.2 Å². The number of nitro benzene ring substituents is 1. The fraction of sp³-hybridized carbons (Fsp3) is 0.333. The molecule has 1 atom stereocenters. The van der Waals surface area contributed by atoms with Crippen molar-refractivity contribution in [1.29, 1.82) is 0 Å². The van der Waals surface area contributed by atoms with Crippen molar-refractivity contribution in [3.63, 3.8) is 0 Å². The summed E-state index contributed by atoms with van der Waals surface area (Å²) in [5.74, 6) is -2.88. The Morgan fingerprint density at radius 3 is 2.55 bits per heavy atom. The Hall–Kier alpha value is -2.64. The number of amides is 1. The Balaban J connectivity index is 2.72. The molecule has 8 heteroatoms. The minimum atomic E-state index is -1.27. The first-order valence-corrected chi connectivity index (χ1v) is 5.74. The largest absolute Gasteiger partial charge is 0.871 e. The molecule has 1 aromatic rings. The number of aliphatic carboxylic acids is 1. The second kappa shape index (κ2) is 6.50. The first kappa shape index (κ1) is 15.4. The van der Waals surface area contributed by atoms with Crippen LogP contribution in [0.25, 0.3) is 0 Å². The molecule has 0 fully saturated rings. The Kier molecular flexibility index (Phi) is 5.01. The van der Waals surface area contributed by atoms with Gasteiger partial charge in [0.2, 0.25) is 5.91 Å². The number of rotatable bonds is 6. The minimum absolute atomic E-state index is 0.129. The molecule has 0 aromatic heterocycles. The number of anilines is 1. The molecule has 0 aliphatic rings. The van der Waals surface area contributed by atoms with Crippen molar-refractivity contribution in [1.82, 2.24) is 0 Å². The number of nitro groups is 1. The van der Waals surface area contributed by atoms with Crippen LogP contribution in [-0.4, -0.2) is 16.8 Å². The van der Waals surface area contributed by atoms with Crippen LogP contribution in [0.15, 0.2) is 18.2 Å². The molecule has 1 N–H and O–H groups in total. The van der Waals surface area contributed by atoms with Crippen LogP contribution in [0.1, 0.15) is 19.8 Å². The van der Waals surface area contributed by atoms with E-state index in [4.69, 9.17) is 0 Å². The van der Waals surface area contributed by atoms with Gasteiger partial charge < -0.3 is 20.3 Å². The maximum Gasteiger partial charge on any atom is 0.271 e. The zero-order chi connectivity index (χ0) is 15.3. The molecule has 1 rings (SSSR count). The Bertz CT molecular complexity index is 543. The smallest absolute Gasteiger partial charge is 0.271 e. The Morgan fingerprint density at radius 2 is 2.00 bits per heavy atom. The lowest BCUT2D eigenvalue weighted by Gasteiger charge is -2.16. The number of carboxylic acids is 1. The van der Waals surface area contributed by atoms with E-state index in [2.05, 4.69) is 5.32 Å². The predicted molar refractivity (Wildman–Crippen MR) is 64.6 cm³/mol. The summed E-state index contributed by atoms with van der Waals surface area (Å²) in [4.78, 5) is 31.8. The summed E-state index contributed by atoms with van der Waals surface area (Å²) < 4.78 is 0. The van der Waals surface area contributed by atoms with Crippen LogP contribution in [0.4, 0.5) is 11.4 Å². The van der Waals surface area contributed by atoms with Gasteiger partial charge in [0.1, 0.15) is 0 Å². The molecular weight excluding hydrogens is 268 g/mol. The molecule has 0 saturated heterocycles. The van der Waals surface area contributed by atoms with E-state index in [0.29, 0.717) is 0 Å². The van der Waals surface area contributed by atoms with Crippen molar-refractivity contribution in [3.8, 4) is 5.75 Å². The number of hydrogen-bond acceptors (Lipinski definition) is 6. The Labute approximate surface area is 114 Å². The SMILES string of the molecule is CC(CC(=O)[O-])CC(=O)Nc1cc([N+](=O)[O-])ccc1[O-]. The molecule has 0 spiro atoms. The zero-order valence-corrected chi connectivity index (χ0v) is 10.6. The number of carbonyl (C=O) groups excluding carboxylic acids is 2. The number of carboxylic acid groups (broad SMARTS) is 1. The lowest BCUT2D eigenvalue weighted by molar-refractivity contribution is -0.385. The summed E-state index contributed by atoms with van der Waals surface area (Å²) in [6.07, 6.45) is -0.414. The lowest BCUT2D eigenvalue weighted by atomic mass is 10.0. The summed E-state index contributed by atoms with van der Waals surface area (Å²) in [6, 6.07) is 2.98. The van der Waals surface area contributed by atoms with Gasteiger partial charge in [-0.2, -0.15) is 0 Å². The highest BCUT2D eigenvalue weighted by atomic mass is 16.6. The average Bonchev–Trinajstić information content (AvgIpc) is 2.30. The molecule has 0 heterocycles. The molecule has 0 radical (unpaired) electrons. The van der Waals surface area contributed by atoms with Gasteiger partial charge in [-0.3, -0.25) is 14.9 Å². The number of hydrogen-bond donors (Lipinski definition) is 1. The standard InChI is InChI=1S/C12H14N2O6/c1-7(5-12(17)18)4-11(16)13-9-6-8(14(19)20)2-3-10(9)15/h2-3,6-7,15H,4-5H2,1H3,(H,13,16)(H,17,18)/p-2. The number of nitrogens with zero attached hydrogens (tertiary/aromatic N) is 1. The van der Waals surface area contributed by atoms with E-state index in [0.717, 1.165) is 18.2 Å². The van der Waals surface area contributed by atoms with Crippen LogP contribution in [0.5, 0.6) is 5.75 Å². The third-order valence-electron chi connectivity index (χ3n) is 2.50. The van der Waals surface area contributed by atoms with Crippen LogP contribution < -0.4 is 15.5 Å². The highest BCUT2D eigenvalue weighted by Gasteiger charge is 2.12. The molecule has 1 aromatic carbocycles. The maximum atomic E-state index is 11.6. The van der Waals surface area contributed by atoms with Crippen molar-refractivity contribution >= 4 is 23.3 Å². The highest BCUT2D eigenvalue weighted by Crippen LogP contribution is 2.26. The first-order chi connectivity index (χ1) is 9.29. The molecule has 8 nitrogen and oxygen atoms in total. The van der Waals surface area contributed by atoms with E-state index < -0.39 is 28.5 Å².